The van der Waals surface area contributed by atoms with Crippen molar-refractivity contribution >= 4 is 0 Å². The van der Waals surface area contributed by atoms with E-state index in [1.165, 1.54) is 12.1 Å². The summed E-state index contributed by atoms with van der Waals surface area (Å²) in [6, 6.07) is 8.80. The van der Waals surface area contributed by atoms with Crippen LogP contribution in [-0.4, -0.2) is 0 Å². The molecule has 2 nitrogen and oxygen atoms in total. The van der Waals surface area contributed by atoms with Crippen molar-refractivity contribution in [3.8, 4) is 0 Å². The molecule has 0 aliphatic heterocycles. The van der Waals surface area contributed by atoms with Gasteiger partial charge in [-0.1, -0.05) is 12.1 Å². The van der Waals surface area contributed by atoms with E-state index in [1.54, 1.807) is 12.3 Å². The second-order valence-corrected chi connectivity index (χ2v) is 4.31. The van der Waals surface area contributed by atoms with Gasteiger partial charge in [0.05, 0.1) is 17.9 Å². The van der Waals surface area contributed by atoms with E-state index in [4.69, 9.17) is 4.42 Å². The first-order chi connectivity index (χ1) is 8.97. The number of furan rings is 1. The summed E-state index contributed by atoms with van der Waals surface area (Å²) in [5.41, 5.74) is 0.168. The van der Waals surface area contributed by atoms with Gasteiger partial charge in [0.2, 0.25) is 0 Å². The van der Waals surface area contributed by atoms with Crippen LogP contribution < -0.4 is 5.32 Å². The Hall–Kier alpha value is -1.75. The van der Waals surface area contributed by atoms with Crippen molar-refractivity contribution in [3.63, 3.8) is 0 Å². The third-order valence-electron chi connectivity index (χ3n) is 2.86. The van der Waals surface area contributed by atoms with E-state index in [1.807, 2.05) is 13.0 Å². The molecule has 1 aromatic carbocycles. The monoisotopic (exact) mass is 269 g/mol. The molecule has 0 spiro atoms. The van der Waals surface area contributed by atoms with Crippen molar-refractivity contribution in [1.29, 1.82) is 0 Å². The molecular weight excluding hydrogens is 255 g/mol. The van der Waals surface area contributed by atoms with E-state index >= 15 is 0 Å². The predicted octanol–water partition coefficient (Wildman–Crippen LogP) is 4.15. The van der Waals surface area contributed by atoms with Gasteiger partial charge in [0.25, 0.3) is 0 Å². The molecule has 0 fully saturated rings. The van der Waals surface area contributed by atoms with Crippen molar-refractivity contribution in [1.82, 2.24) is 5.32 Å². The SMILES string of the molecule is C[C@@H](NCc1ccc(C(F)(F)F)cc1)c1ccco1. The van der Waals surface area contributed by atoms with Crippen LogP contribution >= 0.6 is 0 Å². The molecule has 19 heavy (non-hydrogen) atoms. The third kappa shape index (κ3) is 3.61. The summed E-state index contributed by atoms with van der Waals surface area (Å²) in [6.07, 6.45) is -2.70. The predicted molar refractivity (Wildman–Crippen MR) is 65.4 cm³/mol. The third-order valence-corrected chi connectivity index (χ3v) is 2.86. The zero-order valence-corrected chi connectivity index (χ0v) is 10.4. The van der Waals surface area contributed by atoms with Crippen molar-refractivity contribution in [2.75, 3.05) is 0 Å². The first-order valence-electron chi connectivity index (χ1n) is 5.90. The minimum absolute atomic E-state index is 0.0114. The molecule has 0 saturated heterocycles. The van der Waals surface area contributed by atoms with Crippen LogP contribution in [-0.2, 0) is 12.7 Å². The summed E-state index contributed by atoms with van der Waals surface area (Å²) < 4.78 is 42.4. The first kappa shape index (κ1) is 13.7. The highest BCUT2D eigenvalue weighted by Crippen LogP contribution is 2.29. The molecular formula is C14H14F3NO. The highest BCUT2D eigenvalue weighted by molar-refractivity contribution is 5.24. The summed E-state index contributed by atoms with van der Waals surface area (Å²) in [6.45, 7) is 2.42. The summed E-state index contributed by atoms with van der Waals surface area (Å²) >= 11 is 0. The van der Waals surface area contributed by atoms with Gasteiger partial charge >= 0.3 is 6.18 Å². The van der Waals surface area contributed by atoms with Gasteiger partial charge in [0.1, 0.15) is 5.76 Å². The summed E-state index contributed by atoms with van der Waals surface area (Å²) in [5, 5.41) is 3.18. The molecule has 0 unspecified atom stereocenters. The zero-order chi connectivity index (χ0) is 13.9. The molecule has 0 bridgehead atoms. The molecule has 0 saturated carbocycles. The number of nitrogens with one attached hydrogen (secondary N) is 1. The summed E-state index contributed by atoms with van der Waals surface area (Å²) in [4.78, 5) is 0. The van der Waals surface area contributed by atoms with Gasteiger partial charge in [-0.15, -0.1) is 0 Å². The zero-order valence-electron chi connectivity index (χ0n) is 10.4. The van der Waals surface area contributed by atoms with Gasteiger partial charge in [-0.05, 0) is 36.8 Å². The normalized spacial score (nSPS) is 13.5. The fourth-order valence-corrected chi connectivity index (χ4v) is 1.72. The first-order valence-corrected chi connectivity index (χ1v) is 5.90. The fraction of sp³-hybridized carbons (Fsp3) is 0.286. The molecule has 1 aromatic heterocycles. The van der Waals surface area contributed by atoms with E-state index in [-0.39, 0.29) is 6.04 Å². The van der Waals surface area contributed by atoms with Crippen LogP contribution in [0.2, 0.25) is 0 Å². The second-order valence-electron chi connectivity index (χ2n) is 4.31. The van der Waals surface area contributed by atoms with Gasteiger partial charge in [-0.3, -0.25) is 0 Å². The van der Waals surface area contributed by atoms with Gasteiger partial charge < -0.3 is 9.73 Å². The molecule has 102 valence electrons. The highest BCUT2D eigenvalue weighted by atomic mass is 19.4. The van der Waals surface area contributed by atoms with E-state index < -0.39 is 11.7 Å². The van der Waals surface area contributed by atoms with Crippen LogP contribution in [0.25, 0.3) is 0 Å². The van der Waals surface area contributed by atoms with E-state index in [2.05, 4.69) is 5.32 Å². The molecule has 0 aliphatic carbocycles. The van der Waals surface area contributed by atoms with Crippen LogP contribution in [0.3, 0.4) is 0 Å². The van der Waals surface area contributed by atoms with Crippen LogP contribution in [0, 0.1) is 0 Å². The number of halogens is 3. The van der Waals surface area contributed by atoms with Gasteiger partial charge in [-0.2, -0.15) is 13.2 Å². The van der Waals surface area contributed by atoms with E-state index in [9.17, 15) is 13.2 Å². The Morgan fingerprint density at radius 2 is 1.84 bits per heavy atom. The maximum Gasteiger partial charge on any atom is 0.416 e. The smallest absolute Gasteiger partial charge is 0.416 e. The maximum absolute atomic E-state index is 12.4. The molecule has 0 amide bonds. The Morgan fingerprint density at radius 1 is 1.16 bits per heavy atom. The Bertz CT molecular complexity index is 502. The Kier molecular flexibility index (Phi) is 3.95. The Balaban J connectivity index is 1.93. The fourth-order valence-electron chi connectivity index (χ4n) is 1.72. The summed E-state index contributed by atoms with van der Waals surface area (Å²) in [5.74, 6) is 0.798. The van der Waals surface area contributed by atoms with Crippen LogP contribution in [0.15, 0.2) is 47.1 Å². The second kappa shape index (κ2) is 5.48. The number of rotatable bonds is 4. The summed E-state index contributed by atoms with van der Waals surface area (Å²) in [7, 11) is 0. The molecule has 1 atom stereocenters. The van der Waals surface area contributed by atoms with Crippen LogP contribution in [0.5, 0.6) is 0 Å². The lowest BCUT2D eigenvalue weighted by Crippen LogP contribution is -2.17. The minimum Gasteiger partial charge on any atom is -0.468 e. The van der Waals surface area contributed by atoms with Crippen molar-refractivity contribution in [3.05, 3.63) is 59.5 Å². The lowest BCUT2D eigenvalue weighted by molar-refractivity contribution is -0.137. The number of benzene rings is 1. The largest absolute Gasteiger partial charge is 0.468 e. The van der Waals surface area contributed by atoms with Crippen LogP contribution in [0.4, 0.5) is 13.2 Å². The average Bonchev–Trinajstić information content (AvgIpc) is 2.89. The van der Waals surface area contributed by atoms with Crippen molar-refractivity contribution in [2.45, 2.75) is 25.7 Å². The van der Waals surface area contributed by atoms with E-state index in [0.29, 0.717) is 6.54 Å². The molecule has 1 N–H and O–H groups in total. The molecule has 1 heterocycles. The maximum atomic E-state index is 12.4. The standard InChI is InChI=1S/C14H14F3NO/c1-10(13-3-2-8-19-13)18-9-11-4-6-12(7-5-11)14(15,16)17/h2-8,10,18H,9H2,1H3/t10-/m1/s1. The van der Waals surface area contributed by atoms with Crippen LogP contribution in [0.1, 0.15) is 29.9 Å². The molecule has 2 rings (SSSR count). The van der Waals surface area contributed by atoms with Crippen molar-refractivity contribution < 1.29 is 17.6 Å². The quantitative estimate of drug-likeness (QED) is 0.902. The highest BCUT2D eigenvalue weighted by Gasteiger charge is 2.29. The molecule has 0 aliphatic rings. The van der Waals surface area contributed by atoms with Gasteiger partial charge in [-0.25, -0.2) is 0 Å². The van der Waals surface area contributed by atoms with E-state index in [0.717, 1.165) is 23.5 Å². The lowest BCUT2D eigenvalue weighted by atomic mass is 10.1. The van der Waals surface area contributed by atoms with Gasteiger partial charge in [0.15, 0.2) is 0 Å². The van der Waals surface area contributed by atoms with Gasteiger partial charge in [0, 0.05) is 6.54 Å². The number of hydrogen-bond acceptors (Lipinski definition) is 2. The lowest BCUT2D eigenvalue weighted by Gasteiger charge is -2.12. The Morgan fingerprint density at radius 3 is 2.37 bits per heavy atom. The molecule has 2 aromatic rings. The van der Waals surface area contributed by atoms with Crippen molar-refractivity contribution in [2.24, 2.45) is 0 Å². The minimum atomic E-state index is -4.28. The average molecular weight is 269 g/mol. The molecule has 5 heteroatoms. The Labute approximate surface area is 109 Å². The molecule has 0 radical (unpaired) electrons. The topological polar surface area (TPSA) is 25.2 Å². The number of alkyl halides is 3. The number of hydrogen-bond donors (Lipinski definition) is 1.